The third-order valence-corrected chi connectivity index (χ3v) is 4.39. The molecule has 3 rings (SSSR count). The summed E-state index contributed by atoms with van der Waals surface area (Å²) < 4.78 is 7.15. The summed E-state index contributed by atoms with van der Waals surface area (Å²) in [6, 6.07) is 5.62. The van der Waals surface area contributed by atoms with Gasteiger partial charge in [0, 0.05) is 18.1 Å². The highest BCUT2D eigenvalue weighted by atomic mass is 16.5. The lowest BCUT2D eigenvalue weighted by Gasteiger charge is -2.05. The lowest BCUT2D eigenvalue weighted by atomic mass is 10.1. The Bertz CT molecular complexity index is 851. The van der Waals surface area contributed by atoms with Crippen molar-refractivity contribution in [2.45, 2.75) is 52.4 Å². The predicted octanol–water partition coefficient (Wildman–Crippen LogP) is 4.55. The van der Waals surface area contributed by atoms with Crippen molar-refractivity contribution >= 4 is 11.6 Å². The summed E-state index contributed by atoms with van der Waals surface area (Å²) in [6.45, 7) is 4.58. The first-order valence-corrected chi connectivity index (χ1v) is 9.37. The molecule has 0 saturated heterocycles. The van der Waals surface area contributed by atoms with Gasteiger partial charge in [0.25, 0.3) is 0 Å². The summed E-state index contributed by atoms with van der Waals surface area (Å²) in [5.41, 5.74) is 3.42. The van der Waals surface area contributed by atoms with Gasteiger partial charge in [0.2, 0.25) is 0 Å². The van der Waals surface area contributed by atoms with Gasteiger partial charge in [0.15, 0.2) is 5.69 Å². The molecule has 0 saturated carbocycles. The largest absolute Gasteiger partial charge is 0.461 e. The van der Waals surface area contributed by atoms with Crippen LogP contribution in [0.2, 0.25) is 0 Å². The number of aromatic nitrogens is 4. The van der Waals surface area contributed by atoms with Crippen molar-refractivity contribution in [3.63, 3.8) is 0 Å². The number of rotatable bonds is 9. The highest BCUT2D eigenvalue weighted by molar-refractivity contribution is 5.99. The summed E-state index contributed by atoms with van der Waals surface area (Å²) >= 11 is 0. The molecule has 3 heterocycles. The van der Waals surface area contributed by atoms with Crippen molar-refractivity contribution in [3.8, 4) is 11.3 Å². The van der Waals surface area contributed by atoms with Gasteiger partial charge in [-0.3, -0.25) is 4.98 Å². The highest BCUT2D eigenvalue weighted by Crippen LogP contribution is 2.27. The van der Waals surface area contributed by atoms with Gasteiger partial charge in [0.1, 0.15) is 5.65 Å². The van der Waals surface area contributed by atoms with E-state index in [1.807, 2.05) is 31.3 Å². The number of imidazole rings is 1. The van der Waals surface area contributed by atoms with E-state index in [0.29, 0.717) is 23.6 Å². The number of carbonyl (C=O) groups excluding carboxylic acids is 1. The maximum Gasteiger partial charge on any atom is 0.359 e. The molecule has 6 nitrogen and oxygen atoms in total. The number of unbranched alkanes of at least 4 members (excludes halogenated alkanes) is 5. The molecular formula is C20H26N4O2. The normalized spacial score (nSPS) is 11.2. The van der Waals surface area contributed by atoms with Crippen LogP contribution in [-0.2, 0) is 4.74 Å². The maximum absolute atomic E-state index is 12.6. The molecular weight excluding hydrogens is 328 g/mol. The number of nitrogens with zero attached hydrogens (tertiary/aromatic N) is 3. The van der Waals surface area contributed by atoms with Crippen LogP contribution < -0.4 is 0 Å². The van der Waals surface area contributed by atoms with E-state index in [2.05, 4.69) is 22.0 Å². The third kappa shape index (κ3) is 4.12. The van der Waals surface area contributed by atoms with Gasteiger partial charge in [-0.15, -0.1) is 0 Å². The summed E-state index contributed by atoms with van der Waals surface area (Å²) in [6.07, 6.45) is 10.5. The van der Waals surface area contributed by atoms with Crippen LogP contribution in [0.15, 0.2) is 30.6 Å². The minimum Gasteiger partial charge on any atom is -0.461 e. The Kier molecular flexibility index (Phi) is 6.04. The first-order chi connectivity index (χ1) is 12.7. The van der Waals surface area contributed by atoms with Gasteiger partial charge in [0.05, 0.1) is 17.9 Å². The number of esters is 1. The average molecular weight is 354 g/mol. The number of hydrogen-bond acceptors (Lipinski definition) is 4. The van der Waals surface area contributed by atoms with Crippen LogP contribution in [0.3, 0.4) is 0 Å². The first kappa shape index (κ1) is 18.2. The molecule has 26 heavy (non-hydrogen) atoms. The molecule has 1 N–H and O–H groups in total. The Hall–Kier alpha value is -2.63. The van der Waals surface area contributed by atoms with E-state index in [4.69, 9.17) is 4.74 Å². The first-order valence-electron chi connectivity index (χ1n) is 9.37. The van der Waals surface area contributed by atoms with Gasteiger partial charge in [-0.25, -0.2) is 9.31 Å². The van der Waals surface area contributed by atoms with Gasteiger partial charge in [-0.1, -0.05) is 45.1 Å². The standard InChI is InChI=1S/C20H26N4O2/c1-3-4-5-6-7-10-13-26-20(25)18-17(16-11-8-9-12-21-16)19-22-15(2)14-24(19)23-18/h8-9,11-12,14,22H,3-7,10,13H2,1-2H3. The number of aryl methyl sites for hydroxylation is 1. The molecule has 138 valence electrons. The molecule has 0 unspecified atom stereocenters. The van der Waals surface area contributed by atoms with E-state index in [0.717, 1.165) is 24.2 Å². The van der Waals surface area contributed by atoms with E-state index in [1.54, 1.807) is 10.7 Å². The van der Waals surface area contributed by atoms with Crippen LogP contribution in [0.1, 0.15) is 61.6 Å². The molecule has 0 aliphatic carbocycles. The second-order valence-corrected chi connectivity index (χ2v) is 6.57. The monoisotopic (exact) mass is 354 g/mol. The van der Waals surface area contributed by atoms with Crippen molar-refractivity contribution in [1.29, 1.82) is 0 Å². The van der Waals surface area contributed by atoms with E-state index >= 15 is 0 Å². The van der Waals surface area contributed by atoms with Gasteiger partial charge < -0.3 is 9.72 Å². The zero-order valence-corrected chi connectivity index (χ0v) is 15.5. The SMILES string of the molecule is CCCCCCCCOC(=O)c1nn2cc(C)[nH]c2c1-c1ccccn1. The van der Waals surface area contributed by atoms with Crippen molar-refractivity contribution < 1.29 is 9.53 Å². The molecule has 0 aliphatic rings. The van der Waals surface area contributed by atoms with Crippen molar-refractivity contribution in [2.75, 3.05) is 6.61 Å². The number of fused-ring (bicyclic) bond motifs is 1. The van der Waals surface area contributed by atoms with Gasteiger partial charge in [-0.2, -0.15) is 5.10 Å². The predicted molar refractivity (Wildman–Crippen MR) is 101 cm³/mol. The fourth-order valence-electron chi connectivity index (χ4n) is 3.06. The van der Waals surface area contributed by atoms with Crippen LogP contribution >= 0.6 is 0 Å². The number of H-pyrrole nitrogens is 1. The number of aromatic amines is 1. The molecule has 0 aromatic carbocycles. The van der Waals surface area contributed by atoms with Crippen LogP contribution in [0.4, 0.5) is 0 Å². The lowest BCUT2D eigenvalue weighted by Crippen LogP contribution is -2.09. The number of hydrogen-bond donors (Lipinski definition) is 1. The molecule has 3 aromatic heterocycles. The smallest absolute Gasteiger partial charge is 0.359 e. The van der Waals surface area contributed by atoms with Crippen molar-refractivity contribution in [1.82, 2.24) is 19.6 Å². The summed E-state index contributed by atoms with van der Waals surface area (Å²) in [5.74, 6) is -0.394. The summed E-state index contributed by atoms with van der Waals surface area (Å²) in [7, 11) is 0. The Morgan fingerprint density at radius 3 is 2.77 bits per heavy atom. The third-order valence-electron chi connectivity index (χ3n) is 4.39. The molecule has 3 aromatic rings. The fourth-order valence-corrected chi connectivity index (χ4v) is 3.06. The molecule has 0 aliphatic heterocycles. The quantitative estimate of drug-likeness (QED) is 0.452. The van der Waals surface area contributed by atoms with Crippen LogP contribution in [0, 0.1) is 6.92 Å². The number of carbonyl (C=O) groups is 1. The lowest BCUT2D eigenvalue weighted by molar-refractivity contribution is 0.0491. The van der Waals surface area contributed by atoms with E-state index in [9.17, 15) is 4.79 Å². The summed E-state index contributed by atoms with van der Waals surface area (Å²) in [4.78, 5) is 20.2. The van der Waals surface area contributed by atoms with E-state index in [1.165, 1.54) is 25.7 Å². The number of nitrogens with one attached hydrogen (secondary N) is 1. The minimum absolute atomic E-state index is 0.306. The molecule has 0 radical (unpaired) electrons. The summed E-state index contributed by atoms with van der Waals surface area (Å²) in [5, 5.41) is 4.42. The second-order valence-electron chi connectivity index (χ2n) is 6.57. The van der Waals surface area contributed by atoms with Crippen LogP contribution in [0.25, 0.3) is 16.9 Å². The Morgan fingerprint density at radius 2 is 2.00 bits per heavy atom. The maximum atomic E-state index is 12.6. The van der Waals surface area contributed by atoms with Gasteiger partial charge >= 0.3 is 5.97 Å². The van der Waals surface area contributed by atoms with Crippen molar-refractivity contribution in [3.05, 3.63) is 42.0 Å². The Balaban J connectivity index is 1.71. The highest BCUT2D eigenvalue weighted by Gasteiger charge is 2.23. The molecule has 0 amide bonds. The average Bonchev–Trinajstić information content (AvgIpc) is 3.17. The number of ether oxygens (including phenoxy) is 1. The fraction of sp³-hybridized carbons (Fsp3) is 0.450. The van der Waals surface area contributed by atoms with E-state index < -0.39 is 5.97 Å². The molecule has 0 fully saturated rings. The zero-order valence-electron chi connectivity index (χ0n) is 15.5. The Labute approximate surface area is 153 Å². The number of pyridine rings is 1. The van der Waals surface area contributed by atoms with Crippen LogP contribution in [-0.4, -0.2) is 32.2 Å². The zero-order chi connectivity index (χ0) is 18.4. The van der Waals surface area contributed by atoms with Gasteiger partial charge in [-0.05, 0) is 25.5 Å². The topological polar surface area (TPSA) is 72.3 Å². The molecule has 0 atom stereocenters. The van der Waals surface area contributed by atoms with Crippen molar-refractivity contribution in [2.24, 2.45) is 0 Å². The molecule has 6 heteroatoms. The second kappa shape index (κ2) is 8.65. The minimum atomic E-state index is -0.394. The molecule has 0 bridgehead atoms. The van der Waals surface area contributed by atoms with Crippen LogP contribution in [0.5, 0.6) is 0 Å². The Morgan fingerprint density at radius 1 is 1.19 bits per heavy atom. The van der Waals surface area contributed by atoms with E-state index in [-0.39, 0.29) is 0 Å². The molecule has 0 spiro atoms.